The van der Waals surface area contributed by atoms with Gasteiger partial charge in [0.25, 0.3) is 5.91 Å². The number of nitrogens with zero attached hydrogens (tertiary/aromatic N) is 5. The largest absolute Gasteiger partial charge is 0.492 e. The van der Waals surface area contributed by atoms with Gasteiger partial charge in [-0.25, -0.2) is 4.98 Å². The van der Waals surface area contributed by atoms with E-state index in [9.17, 15) is 4.79 Å². The van der Waals surface area contributed by atoms with Crippen molar-refractivity contribution in [3.8, 4) is 17.0 Å². The standard InChI is InChI=1S/C23H27N5O3/c1-5-27-13-17(11-25-27)28-20(14-30-6-2)22-21(23(28)29)15(4)8-19(26-22)16-9-18(31-7-3)12-24-10-16/h8-13,20H,5-7,14H2,1-4H3. The van der Waals surface area contributed by atoms with Crippen molar-refractivity contribution in [1.82, 2.24) is 19.7 Å². The van der Waals surface area contributed by atoms with Crippen LogP contribution >= 0.6 is 0 Å². The van der Waals surface area contributed by atoms with Gasteiger partial charge in [-0.3, -0.25) is 19.4 Å². The van der Waals surface area contributed by atoms with Crippen molar-refractivity contribution in [3.05, 3.63) is 53.7 Å². The van der Waals surface area contributed by atoms with Gasteiger partial charge in [-0.05, 0) is 45.4 Å². The molecule has 0 fully saturated rings. The van der Waals surface area contributed by atoms with Gasteiger partial charge in [-0.2, -0.15) is 5.10 Å². The molecule has 0 saturated heterocycles. The van der Waals surface area contributed by atoms with Gasteiger partial charge in [0.05, 0.1) is 48.2 Å². The molecule has 0 aliphatic carbocycles. The molecule has 0 bridgehead atoms. The van der Waals surface area contributed by atoms with Gasteiger partial charge in [-0.1, -0.05) is 0 Å². The van der Waals surface area contributed by atoms with Crippen LogP contribution in [0.2, 0.25) is 0 Å². The van der Waals surface area contributed by atoms with Crippen LogP contribution in [0.5, 0.6) is 5.75 Å². The van der Waals surface area contributed by atoms with Crippen molar-refractivity contribution < 1.29 is 14.3 Å². The van der Waals surface area contributed by atoms with Crippen molar-refractivity contribution in [2.45, 2.75) is 40.3 Å². The molecular formula is C23H27N5O3. The molecule has 4 heterocycles. The topological polar surface area (TPSA) is 82.4 Å². The summed E-state index contributed by atoms with van der Waals surface area (Å²) in [6.07, 6.45) is 7.04. The second-order valence-corrected chi connectivity index (χ2v) is 7.33. The van der Waals surface area contributed by atoms with Crippen LogP contribution in [0.4, 0.5) is 5.69 Å². The van der Waals surface area contributed by atoms with E-state index in [4.69, 9.17) is 14.5 Å². The molecule has 1 unspecified atom stereocenters. The minimum Gasteiger partial charge on any atom is -0.492 e. The number of carbonyl (C=O) groups is 1. The molecular weight excluding hydrogens is 394 g/mol. The highest BCUT2D eigenvalue weighted by Crippen LogP contribution is 2.39. The summed E-state index contributed by atoms with van der Waals surface area (Å²) in [6, 6.07) is 3.53. The number of fused-ring (bicyclic) bond motifs is 1. The van der Waals surface area contributed by atoms with Crippen LogP contribution in [-0.2, 0) is 11.3 Å². The van der Waals surface area contributed by atoms with Crippen molar-refractivity contribution in [2.24, 2.45) is 0 Å². The molecule has 31 heavy (non-hydrogen) atoms. The van der Waals surface area contributed by atoms with E-state index in [1.54, 1.807) is 28.2 Å². The van der Waals surface area contributed by atoms with Crippen LogP contribution in [0.25, 0.3) is 11.3 Å². The first-order valence-electron chi connectivity index (χ1n) is 10.6. The number of aromatic nitrogens is 4. The summed E-state index contributed by atoms with van der Waals surface area (Å²) in [6.45, 7) is 10.0. The van der Waals surface area contributed by atoms with Crippen LogP contribution in [-0.4, -0.2) is 45.5 Å². The number of amides is 1. The van der Waals surface area contributed by atoms with E-state index in [0.29, 0.717) is 31.1 Å². The number of hydrogen-bond acceptors (Lipinski definition) is 6. The third-order valence-corrected chi connectivity index (χ3v) is 5.33. The Balaban J connectivity index is 1.79. The number of hydrogen-bond donors (Lipinski definition) is 0. The zero-order chi connectivity index (χ0) is 22.0. The third kappa shape index (κ3) is 3.90. The van der Waals surface area contributed by atoms with Gasteiger partial charge >= 0.3 is 0 Å². The molecule has 0 aromatic carbocycles. The molecule has 3 aromatic rings. The van der Waals surface area contributed by atoms with Crippen LogP contribution < -0.4 is 9.64 Å². The molecule has 0 N–H and O–H groups in total. The predicted molar refractivity (Wildman–Crippen MR) is 117 cm³/mol. The van der Waals surface area contributed by atoms with E-state index >= 15 is 0 Å². The fraction of sp³-hybridized carbons (Fsp3) is 0.391. The van der Waals surface area contributed by atoms with E-state index in [0.717, 1.165) is 34.7 Å². The van der Waals surface area contributed by atoms with Gasteiger partial charge in [0.2, 0.25) is 0 Å². The highest BCUT2D eigenvalue weighted by molar-refractivity contribution is 6.11. The van der Waals surface area contributed by atoms with Gasteiger partial charge in [0.1, 0.15) is 11.8 Å². The van der Waals surface area contributed by atoms with Crippen LogP contribution in [0, 0.1) is 6.92 Å². The van der Waals surface area contributed by atoms with Crippen molar-refractivity contribution in [3.63, 3.8) is 0 Å². The van der Waals surface area contributed by atoms with E-state index in [1.807, 2.05) is 46.0 Å². The van der Waals surface area contributed by atoms with Gasteiger partial charge in [0, 0.05) is 31.1 Å². The fourth-order valence-electron chi connectivity index (χ4n) is 3.88. The maximum absolute atomic E-state index is 13.4. The van der Waals surface area contributed by atoms with Crippen molar-refractivity contribution in [2.75, 3.05) is 24.7 Å². The lowest BCUT2D eigenvalue weighted by Gasteiger charge is -2.23. The molecule has 1 aliphatic heterocycles. The van der Waals surface area contributed by atoms with E-state index in [2.05, 4.69) is 10.1 Å². The Morgan fingerprint density at radius 1 is 1.10 bits per heavy atom. The van der Waals surface area contributed by atoms with Gasteiger partial charge in [-0.15, -0.1) is 0 Å². The van der Waals surface area contributed by atoms with Gasteiger partial charge in [0.15, 0.2) is 0 Å². The molecule has 8 heteroatoms. The molecule has 1 aliphatic rings. The van der Waals surface area contributed by atoms with E-state index < -0.39 is 0 Å². The van der Waals surface area contributed by atoms with E-state index in [1.165, 1.54) is 0 Å². The SMILES string of the molecule is CCOCC1c2nc(-c3cncc(OCC)c3)cc(C)c2C(=O)N1c1cnn(CC)c1. The maximum Gasteiger partial charge on any atom is 0.261 e. The Kier molecular flexibility index (Phi) is 5.99. The lowest BCUT2D eigenvalue weighted by molar-refractivity contribution is 0.0954. The van der Waals surface area contributed by atoms with Crippen LogP contribution in [0.1, 0.15) is 48.4 Å². The Morgan fingerprint density at radius 3 is 2.65 bits per heavy atom. The van der Waals surface area contributed by atoms with Crippen LogP contribution in [0.15, 0.2) is 36.9 Å². The van der Waals surface area contributed by atoms with Crippen LogP contribution in [0.3, 0.4) is 0 Å². The van der Waals surface area contributed by atoms with Gasteiger partial charge < -0.3 is 9.47 Å². The van der Waals surface area contributed by atoms with Crippen molar-refractivity contribution >= 4 is 11.6 Å². The average Bonchev–Trinajstić information content (AvgIpc) is 3.35. The first-order valence-corrected chi connectivity index (χ1v) is 10.6. The number of rotatable bonds is 8. The average molecular weight is 422 g/mol. The zero-order valence-corrected chi connectivity index (χ0v) is 18.3. The lowest BCUT2D eigenvalue weighted by atomic mass is 10.0. The Bertz CT molecular complexity index is 1090. The number of pyridine rings is 2. The molecule has 1 atom stereocenters. The van der Waals surface area contributed by atoms with Crippen molar-refractivity contribution in [1.29, 1.82) is 0 Å². The molecule has 0 radical (unpaired) electrons. The fourth-order valence-corrected chi connectivity index (χ4v) is 3.88. The quantitative estimate of drug-likeness (QED) is 0.550. The molecule has 0 spiro atoms. The number of carbonyl (C=O) groups excluding carboxylic acids is 1. The molecule has 8 nitrogen and oxygen atoms in total. The Labute approximate surface area is 181 Å². The summed E-state index contributed by atoms with van der Waals surface area (Å²) in [5.41, 5.74) is 4.57. The number of aryl methyl sites for hydroxylation is 2. The van der Waals surface area contributed by atoms with E-state index in [-0.39, 0.29) is 11.9 Å². The number of ether oxygens (including phenoxy) is 2. The molecule has 162 valence electrons. The number of anilines is 1. The summed E-state index contributed by atoms with van der Waals surface area (Å²) in [4.78, 5) is 24.4. The highest BCUT2D eigenvalue weighted by Gasteiger charge is 2.41. The minimum atomic E-state index is -0.321. The predicted octanol–water partition coefficient (Wildman–Crippen LogP) is 3.81. The Morgan fingerprint density at radius 2 is 1.94 bits per heavy atom. The summed E-state index contributed by atoms with van der Waals surface area (Å²) in [5, 5.41) is 4.35. The first-order chi connectivity index (χ1) is 15.1. The smallest absolute Gasteiger partial charge is 0.261 e. The monoisotopic (exact) mass is 421 g/mol. The molecule has 0 saturated carbocycles. The normalized spacial score (nSPS) is 15.4. The summed E-state index contributed by atoms with van der Waals surface area (Å²) in [7, 11) is 0. The highest BCUT2D eigenvalue weighted by atomic mass is 16.5. The molecule has 1 amide bonds. The third-order valence-electron chi connectivity index (χ3n) is 5.33. The minimum absolute atomic E-state index is 0.0758. The first kappa shape index (κ1) is 21.0. The zero-order valence-electron chi connectivity index (χ0n) is 18.3. The summed E-state index contributed by atoms with van der Waals surface area (Å²) in [5.74, 6) is 0.614. The Hall–Kier alpha value is -3.26. The lowest BCUT2D eigenvalue weighted by Crippen LogP contribution is -2.30. The molecule has 3 aromatic heterocycles. The molecule has 4 rings (SSSR count). The second-order valence-electron chi connectivity index (χ2n) is 7.33. The maximum atomic E-state index is 13.4. The summed E-state index contributed by atoms with van der Waals surface area (Å²) >= 11 is 0. The summed E-state index contributed by atoms with van der Waals surface area (Å²) < 4.78 is 13.1. The second kappa shape index (κ2) is 8.85.